The zero-order valence-corrected chi connectivity index (χ0v) is 16.9. The first-order valence-corrected chi connectivity index (χ1v) is 10.0. The second kappa shape index (κ2) is 8.65. The summed E-state index contributed by atoms with van der Waals surface area (Å²) in [4.78, 5) is 21.9. The SMILES string of the molecule is CCC(CC)n1nc(C)cc1C(=O)N1CCN(Cc2cccnc2)C[C@@H]1C. The van der Waals surface area contributed by atoms with Gasteiger partial charge in [0.25, 0.3) is 5.91 Å². The van der Waals surface area contributed by atoms with Gasteiger partial charge >= 0.3 is 0 Å². The van der Waals surface area contributed by atoms with Crippen LogP contribution in [0, 0.1) is 6.92 Å². The molecule has 0 saturated carbocycles. The van der Waals surface area contributed by atoms with E-state index in [-0.39, 0.29) is 18.0 Å². The van der Waals surface area contributed by atoms with E-state index >= 15 is 0 Å². The first-order valence-electron chi connectivity index (χ1n) is 10.0. The van der Waals surface area contributed by atoms with Gasteiger partial charge in [-0.25, -0.2) is 0 Å². The molecule has 0 bridgehead atoms. The molecule has 27 heavy (non-hydrogen) atoms. The number of nitrogens with zero attached hydrogens (tertiary/aromatic N) is 5. The lowest BCUT2D eigenvalue weighted by Crippen LogP contribution is -2.54. The van der Waals surface area contributed by atoms with Crippen LogP contribution in [0.3, 0.4) is 0 Å². The highest BCUT2D eigenvalue weighted by atomic mass is 16.2. The topological polar surface area (TPSA) is 54.3 Å². The van der Waals surface area contributed by atoms with E-state index in [0.717, 1.165) is 50.4 Å². The summed E-state index contributed by atoms with van der Waals surface area (Å²) in [5.74, 6) is 0.107. The highest BCUT2D eigenvalue weighted by molar-refractivity contribution is 5.93. The third kappa shape index (κ3) is 4.38. The molecule has 0 aromatic carbocycles. The molecule has 6 heteroatoms. The number of aryl methyl sites for hydroxylation is 1. The molecule has 1 fully saturated rings. The van der Waals surface area contributed by atoms with Crippen LogP contribution in [-0.2, 0) is 6.54 Å². The largest absolute Gasteiger partial charge is 0.332 e. The van der Waals surface area contributed by atoms with E-state index in [2.05, 4.69) is 41.8 Å². The van der Waals surface area contributed by atoms with Crippen molar-refractivity contribution >= 4 is 5.91 Å². The van der Waals surface area contributed by atoms with Crippen LogP contribution in [0.4, 0.5) is 0 Å². The minimum absolute atomic E-state index is 0.107. The third-order valence-electron chi connectivity index (χ3n) is 5.47. The molecule has 146 valence electrons. The van der Waals surface area contributed by atoms with Crippen molar-refractivity contribution in [2.45, 2.75) is 59.2 Å². The highest BCUT2D eigenvalue weighted by Gasteiger charge is 2.31. The second-order valence-electron chi connectivity index (χ2n) is 7.53. The molecule has 1 saturated heterocycles. The van der Waals surface area contributed by atoms with Gasteiger partial charge < -0.3 is 4.90 Å². The fourth-order valence-corrected chi connectivity index (χ4v) is 3.96. The molecule has 0 aliphatic carbocycles. The standard InChI is InChI=1S/C21H31N5O/c1-5-19(6-2)26-20(12-16(3)23-26)21(27)25-11-10-24(14-17(25)4)15-18-8-7-9-22-13-18/h7-9,12-13,17,19H,5-6,10-11,14-15H2,1-4H3/t17-/m0/s1. The summed E-state index contributed by atoms with van der Waals surface area (Å²) in [7, 11) is 0. The van der Waals surface area contributed by atoms with Gasteiger partial charge in [-0.1, -0.05) is 19.9 Å². The number of hydrogen-bond acceptors (Lipinski definition) is 4. The average Bonchev–Trinajstić information content (AvgIpc) is 3.05. The summed E-state index contributed by atoms with van der Waals surface area (Å²) in [6, 6.07) is 6.47. The molecular weight excluding hydrogens is 338 g/mol. The Bertz CT molecular complexity index is 753. The fraction of sp³-hybridized carbons (Fsp3) is 0.571. The number of piperazine rings is 1. The summed E-state index contributed by atoms with van der Waals surface area (Å²) >= 11 is 0. The Morgan fingerprint density at radius 3 is 2.70 bits per heavy atom. The van der Waals surface area contributed by atoms with E-state index < -0.39 is 0 Å². The van der Waals surface area contributed by atoms with Crippen LogP contribution in [0.5, 0.6) is 0 Å². The van der Waals surface area contributed by atoms with Crippen molar-refractivity contribution in [2.24, 2.45) is 0 Å². The normalized spacial score (nSPS) is 18.3. The van der Waals surface area contributed by atoms with Crippen molar-refractivity contribution in [3.63, 3.8) is 0 Å². The van der Waals surface area contributed by atoms with Gasteiger partial charge in [-0.05, 0) is 44.4 Å². The van der Waals surface area contributed by atoms with E-state index in [1.165, 1.54) is 5.56 Å². The van der Waals surface area contributed by atoms with Crippen molar-refractivity contribution in [2.75, 3.05) is 19.6 Å². The lowest BCUT2D eigenvalue weighted by Gasteiger charge is -2.40. The summed E-state index contributed by atoms with van der Waals surface area (Å²) in [6.07, 6.45) is 5.67. The fourth-order valence-electron chi connectivity index (χ4n) is 3.96. The molecule has 1 amide bonds. The number of carbonyl (C=O) groups is 1. The zero-order chi connectivity index (χ0) is 19.4. The van der Waals surface area contributed by atoms with Gasteiger partial charge in [-0.15, -0.1) is 0 Å². The number of aromatic nitrogens is 3. The molecule has 0 unspecified atom stereocenters. The van der Waals surface area contributed by atoms with Gasteiger partial charge in [0.05, 0.1) is 11.7 Å². The van der Waals surface area contributed by atoms with E-state index in [0.29, 0.717) is 0 Å². The van der Waals surface area contributed by atoms with Gasteiger partial charge in [0.15, 0.2) is 0 Å². The quantitative estimate of drug-likeness (QED) is 0.784. The van der Waals surface area contributed by atoms with Crippen LogP contribution in [0.1, 0.15) is 61.4 Å². The predicted molar refractivity (Wildman–Crippen MR) is 107 cm³/mol. The van der Waals surface area contributed by atoms with Crippen LogP contribution in [-0.4, -0.2) is 56.1 Å². The zero-order valence-electron chi connectivity index (χ0n) is 16.9. The summed E-state index contributed by atoms with van der Waals surface area (Å²) in [5.41, 5.74) is 2.86. The number of rotatable bonds is 6. The van der Waals surface area contributed by atoms with Crippen molar-refractivity contribution < 1.29 is 4.79 Å². The lowest BCUT2D eigenvalue weighted by molar-refractivity contribution is 0.0461. The molecule has 3 heterocycles. The van der Waals surface area contributed by atoms with Crippen molar-refractivity contribution in [1.29, 1.82) is 0 Å². The Morgan fingerprint density at radius 1 is 1.30 bits per heavy atom. The Kier molecular flexibility index (Phi) is 6.26. The predicted octanol–water partition coefficient (Wildman–Crippen LogP) is 3.29. The van der Waals surface area contributed by atoms with Crippen LogP contribution in [0.2, 0.25) is 0 Å². The van der Waals surface area contributed by atoms with E-state index in [1.807, 2.05) is 34.8 Å². The first-order chi connectivity index (χ1) is 13.0. The van der Waals surface area contributed by atoms with Crippen molar-refractivity contribution in [3.05, 3.63) is 47.5 Å². The Balaban J connectivity index is 1.70. The molecule has 0 N–H and O–H groups in total. The molecular formula is C21H31N5O. The number of hydrogen-bond donors (Lipinski definition) is 0. The number of carbonyl (C=O) groups excluding carboxylic acids is 1. The van der Waals surface area contributed by atoms with E-state index in [4.69, 9.17) is 0 Å². The van der Waals surface area contributed by atoms with E-state index in [9.17, 15) is 4.79 Å². The van der Waals surface area contributed by atoms with Crippen molar-refractivity contribution in [3.8, 4) is 0 Å². The molecule has 3 rings (SSSR count). The van der Waals surface area contributed by atoms with Gasteiger partial charge in [0.1, 0.15) is 5.69 Å². The molecule has 1 aliphatic rings. The Morgan fingerprint density at radius 2 is 2.07 bits per heavy atom. The molecule has 2 aromatic heterocycles. The molecule has 2 aromatic rings. The van der Waals surface area contributed by atoms with Crippen LogP contribution >= 0.6 is 0 Å². The van der Waals surface area contributed by atoms with Crippen LogP contribution < -0.4 is 0 Å². The molecule has 0 spiro atoms. The summed E-state index contributed by atoms with van der Waals surface area (Å²) in [5, 5.41) is 4.62. The molecule has 1 aliphatic heterocycles. The highest BCUT2D eigenvalue weighted by Crippen LogP contribution is 2.22. The smallest absolute Gasteiger partial charge is 0.272 e. The maximum atomic E-state index is 13.3. The van der Waals surface area contributed by atoms with Crippen LogP contribution in [0.15, 0.2) is 30.6 Å². The van der Waals surface area contributed by atoms with Gasteiger partial charge in [-0.2, -0.15) is 5.10 Å². The van der Waals surface area contributed by atoms with Gasteiger partial charge in [-0.3, -0.25) is 19.4 Å². The summed E-state index contributed by atoms with van der Waals surface area (Å²) in [6.45, 7) is 11.8. The molecule has 1 atom stereocenters. The number of pyridine rings is 1. The lowest BCUT2D eigenvalue weighted by atomic mass is 10.1. The monoisotopic (exact) mass is 369 g/mol. The first kappa shape index (κ1) is 19.5. The minimum Gasteiger partial charge on any atom is -0.332 e. The second-order valence-corrected chi connectivity index (χ2v) is 7.53. The molecule has 6 nitrogen and oxygen atoms in total. The average molecular weight is 370 g/mol. The van der Waals surface area contributed by atoms with Gasteiger partial charge in [0.2, 0.25) is 0 Å². The Hall–Kier alpha value is -2.21. The van der Waals surface area contributed by atoms with Gasteiger partial charge in [0, 0.05) is 44.6 Å². The Labute approximate surface area is 162 Å². The third-order valence-corrected chi connectivity index (χ3v) is 5.47. The van der Waals surface area contributed by atoms with Crippen molar-refractivity contribution in [1.82, 2.24) is 24.6 Å². The summed E-state index contributed by atoms with van der Waals surface area (Å²) < 4.78 is 1.95. The number of amides is 1. The molecule has 0 radical (unpaired) electrons. The maximum Gasteiger partial charge on any atom is 0.272 e. The minimum atomic E-state index is 0.107. The van der Waals surface area contributed by atoms with Crippen LogP contribution in [0.25, 0.3) is 0 Å². The van der Waals surface area contributed by atoms with E-state index in [1.54, 1.807) is 6.20 Å². The maximum absolute atomic E-state index is 13.3.